The van der Waals surface area contributed by atoms with E-state index in [-0.39, 0.29) is 0 Å². The van der Waals surface area contributed by atoms with E-state index in [1.165, 1.54) is 38.5 Å². The van der Waals surface area contributed by atoms with Crippen molar-refractivity contribution in [3.05, 3.63) is 0 Å². The summed E-state index contributed by atoms with van der Waals surface area (Å²) in [6.07, 6.45) is 9.00. The second kappa shape index (κ2) is 8.92. The van der Waals surface area contributed by atoms with Gasteiger partial charge in [0.2, 0.25) is 0 Å². The van der Waals surface area contributed by atoms with Crippen molar-refractivity contribution in [2.45, 2.75) is 38.5 Å². The van der Waals surface area contributed by atoms with Gasteiger partial charge in [-0.2, -0.15) is 0 Å². The third-order valence-electron chi connectivity index (χ3n) is 1.67. The molecule has 1 aliphatic carbocycles. The Hall–Kier alpha value is -0.0800. The Kier molecular flexibility index (Phi) is 8.85. The quantitative estimate of drug-likeness (QED) is 0.582. The minimum atomic E-state index is 0.597. The molecule has 1 saturated carbocycles. The molecule has 1 aliphatic rings. The zero-order valence-electron chi connectivity index (χ0n) is 6.81. The average molecular weight is 144 g/mol. The van der Waals surface area contributed by atoms with E-state index in [0.29, 0.717) is 13.1 Å². The molecular weight excluding hydrogens is 124 g/mol. The first kappa shape index (κ1) is 9.92. The minimum absolute atomic E-state index is 0.597. The highest BCUT2D eigenvalue weighted by Crippen LogP contribution is 2.15. The lowest BCUT2D eigenvalue weighted by atomic mass is 10.0. The summed E-state index contributed by atoms with van der Waals surface area (Å²) < 4.78 is 0. The fourth-order valence-electron chi connectivity index (χ4n) is 1.06. The molecule has 0 amide bonds. The molecule has 1 fully saturated rings. The van der Waals surface area contributed by atoms with E-state index in [0.717, 1.165) is 0 Å². The van der Waals surface area contributed by atoms with Gasteiger partial charge < -0.3 is 11.5 Å². The van der Waals surface area contributed by atoms with Gasteiger partial charge in [-0.1, -0.05) is 38.5 Å². The topological polar surface area (TPSA) is 52.0 Å². The molecule has 0 aromatic carbocycles. The minimum Gasteiger partial charge on any atom is -0.329 e. The van der Waals surface area contributed by atoms with Crippen molar-refractivity contribution < 1.29 is 0 Å². The third kappa shape index (κ3) is 7.92. The van der Waals surface area contributed by atoms with Crippen LogP contribution in [0, 0.1) is 0 Å². The second-order valence-electron chi connectivity index (χ2n) is 2.70. The number of hydrogen-bond donors (Lipinski definition) is 2. The summed E-state index contributed by atoms with van der Waals surface area (Å²) in [5.74, 6) is 0. The van der Waals surface area contributed by atoms with Crippen LogP contribution in [0.4, 0.5) is 0 Å². The van der Waals surface area contributed by atoms with Crippen LogP contribution in [0.2, 0.25) is 0 Å². The lowest BCUT2D eigenvalue weighted by molar-refractivity contribution is 0.504. The summed E-state index contributed by atoms with van der Waals surface area (Å²) in [5, 5.41) is 0. The molecule has 62 valence electrons. The zero-order valence-corrected chi connectivity index (χ0v) is 6.81. The van der Waals surface area contributed by atoms with Crippen molar-refractivity contribution in [2.24, 2.45) is 11.5 Å². The van der Waals surface area contributed by atoms with Crippen LogP contribution < -0.4 is 11.5 Å². The SMILES string of the molecule is C1CCCCC1.NCCN. The summed E-state index contributed by atoms with van der Waals surface area (Å²) >= 11 is 0. The molecule has 10 heavy (non-hydrogen) atoms. The fraction of sp³-hybridized carbons (Fsp3) is 1.00. The molecule has 2 heteroatoms. The van der Waals surface area contributed by atoms with Gasteiger partial charge in [-0.25, -0.2) is 0 Å². The summed E-state index contributed by atoms with van der Waals surface area (Å²) in [6, 6.07) is 0. The average Bonchev–Trinajstić information content (AvgIpc) is 2.08. The van der Waals surface area contributed by atoms with Crippen molar-refractivity contribution in [3.63, 3.8) is 0 Å². The Morgan fingerprint density at radius 2 is 0.800 bits per heavy atom. The Labute approximate surface area is 64.0 Å². The van der Waals surface area contributed by atoms with Gasteiger partial charge in [-0.05, 0) is 0 Å². The predicted octanol–water partition coefficient (Wildman–Crippen LogP) is 1.24. The number of nitrogens with two attached hydrogens (primary N) is 2. The van der Waals surface area contributed by atoms with Gasteiger partial charge in [-0.15, -0.1) is 0 Å². The van der Waals surface area contributed by atoms with E-state index < -0.39 is 0 Å². The Morgan fingerprint density at radius 1 is 0.600 bits per heavy atom. The van der Waals surface area contributed by atoms with E-state index in [1.54, 1.807) is 0 Å². The van der Waals surface area contributed by atoms with Gasteiger partial charge in [-0.3, -0.25) is 0 Å². The number of rotatable bonds is 1. The molecule has 0 bridgehead atoms. The van der Waals surface area contributed by atoms with Gasteiger partial charge in [0.15, 0.2) is 0 Å². The standard InChI is InChI=1S/C6H12.C2H8N2/c1-2-4-6-5-3-1;3-1-2-4/h1-6H2;1-4H2. The molecule has 0 saturated heterocycles. The van der Waals surface area contributed by atoms with Gasteiger partial charge in [0.25, 0.3) is 0 Å². The lowest BCUT2D eigenvalue weighted by Gasteiger charge is -2.05. The lowest BCUT2D eigenvalue weighted by Crippen LogP contribution is -2.11. The van der Waals surface area contributed by atoms with Crippen molar-refractivity contribution in [1.29, 1.82) is 0 Å². The van der Waals surface area contributed by atoms with Crippen molar-refractivity contribution in [1.82, 2.24) is 0 Å². The van der Waals surface area contributed by atoms with Gasteiger partial charge in [0.05, 0.1) is 0 Å². The molecular formula is C8H20N2. The predicted molar refractivity (Wildman–Crippen MR) is 45.8 cm³/mol. The van der Waals surface area contributed by atoms with Crippen molar-refractivity contribution in [3.8, 4) is 0 Å². The number of hydrogen-bond acceptors (Lipinski definition) is 2. The molecule has 2 nitrogen and oxygen atoms in total. The smallest absolute Gasteiger partial charge is 0.00461 e. The van der Waals surface area contributed by atoms with Crippen LogP contribution >= 0.6 is 0 Å². The third-order valence-corrected chi connectivity index (χ3v) is 1.67. The van der Waals surface area contributed by atoms with Crippen LogP contribution in [0.25, 0.3) is 0 Å². The van der Waals surface area contributed by atoms with Crippen molar-refractivity contribution >= 4 is 0 Å². The maximum absolute atomic E-state index is 4.90. The second-order valence-corrected chi connectivity index (χ2v) is 2.70. The molecule has 0 atom stereocenters. The van der Waals surface area contributed by atoms with Crippen LogP contribution in [0.15, 0.2) is 0 Å². The van der Waals surface area contributed by atoms with Gasteiger partial charge >= 0.3 is 0 Å². The first-order chi connectivity index (χ1) is 4.91. The molecule has 0 aromatic rings. The normalized spacial score (nSPS) is 17.4. The molecule has 1 rings (SSSR count). The molecule has 0 spiro atoms. The molecule has 0 heterocycles. The monoisotopic (exact) mass is 144 g/mol. The molecule has 0 unspecified atom stereocenters. The fourth-order valence-corrected chi connectivity index (χ4v) is 1.06. The van der Waals surface area contributed by atoms with Crippen molar-refractivity contribution in [2.75, 3.05) is 13.1 Å². The molecule has 4 N–H and O–H groups in total. The summed E-state index contributed by atoms with van der Waals surface area (Å²) in [5.41, 5.74) is 9.81. The van der Waals surface area contributed by atoms with E-state index in [9.17, 15) is 0 Å². The maximum Gasteiger partial charge on any atom is 0.00461 e. The zero-order chi connectivity index (χ0) is 7.66. The van der Waals surface area contributed by atoms with Gasteiger partial charge in [0, 0.05) is 13.1 Å². The first-order valence-corrected chi connectivity index (χ1v) is 4.32. The van der Waals surface area contributed by atoms with Crippen LogP contribution in [-0.4, -0.2) is 13.1 Å². The van der Waals surface area contributed by atoms with Crippen LogP contribution in [0.1, 0.15) is 38.5 Å². The summed E-state index contributed by atoms with van der Waals surface area (Å²) in [4.78, 5) is 0. The molecule has 0 aromatic heterocycles. The highest BCUT2D eigenvalue weighted by Gasteiger charge is 1.95. The van der Waals surface area contributed by atoms with Crippen LogP contribution in [0.5, 0.6) is 0 Å². The highest BCUT2D eigenvalue weighted by molar-refractivity contribution is 4.51. The largest absolute Gasteiger partial charge is 0.329 e. The summed E-state index contributed by atoms with van der Waals surface area (Å²) in [6.45, 7) is 1.19. The first-order valence-electron chi connectivity index (χ1n) is 4.32. The summed E-state index contributed by atoms with van der Waals surface area (Å²) in [7, 11) is 0. The van der Waals surface area contributed by atoms with E-state index in [2.05, 4.69) is 0 Å². The Balaban J connectivity index is 0.000000180. The maximum atomic E-state index is 4.90. The Morgan fingerprint density at radius 3 is 0.900 bits per heavy atom. The highest BCUT2D eigenvalue weighted by atomic mass is 14.6. The molecule has 0 radical (unpaired) electrons. The van der Waals surface area contributed by atoms with E-state index >= 15 is 0 Å². The van der Waals surface area contributed by atoms with Crippen LogP contribution in [0.3, 0.4) is 0 Å². The van der Waals surface area contributed by atoms with Gasteiger partial charge in [0.1, 0.15) is 0 Å². The Bertz CT molecular complexity index is 37.7. The van der Waals surface area contributed by atoms with Crippen LogP contribution in [-0.2, 0) is 0 Å². The van der Waals surface area contributed by atoms with E-state index in [1.807, 2.05) is 0 Å². The van der Waals surface area contributed by atoms with E-state index in [4.69, 9.17) is 11.5 Å². The molecule has 0 aliphatic heterocycles.